The zero-order chi connectivity index (χ0) is 30.3. The lowest BCUT2D eigenvalue weighted by Crippen LogP contribution is -2.51. The molecule has 0 radical (unpaired) electrons. The third kappa shape index (κ3) is 8.20. The highest BCUT2D eigenvalue weighted by Crippen LogP contribution is 2.35. The van der Waals surface area contributed by atoms with Gasteiger partial charge in [-0.25, -0.2) is 12.8 Å². The molecule has 0 saturated carbocycles. The Bertz CT molecular complexity index is 1460. The maximum Gasteiger partial charge on any atom is 0.264 e. The summed E-state index contributed by atoms with van der Waals surface area (Å²) < 4.78 is 47.9. The molecule has 0 aliphatic carbocycles. The molecule has 1 unspecified atom stereocenters. The second-order valence-corrected chi connectivity index (χ2v) is 12.4. The van der Waals surface area contributed by atoms with Crippen LogP contribution in [0.3, 0.4) is 0 Å². The SMILES string of the molecule is COc1ccc(Cl)cc1N(CC(=O)N(Cc1ccc(F)cc1)C(C)C(=O)NCC(C)C)S(=O)(=O)c1ccc(C)cc1. The number of benzene rings is 3. The van der Waals surface area contributed by atoms with Gasteiger partial charge in [0.25, 0.3) is 10.0 Å². The quantitative estimate of drug-likeness (QED) is 0.308. The van der Waals surface area contributed by atoms with Crippen LogP contribution in [0.1, 0.15) is 31.9 Å². The van der Waals surface area contributed by atoms with Crippen LogP contribution in [-0.4, -0.2) is 51.4 Å². The molecule has 0 aliphatic rings. The number of amides is 2. The van der Waals surface area contributed by atoms with Crippen LogP contribution >= 0.6 is 11.6 Å². The second-order valence-electron chi connectivity index (χ2n) is 10.1. The number of hydrogen-bond acceptors (Lipinski definition) is 5. The summed E-state index contributed by atoms with van der Waals surface area (Å²) in [5.41, 5.74) is 1.49. The van der Waals surface area contributed by atoms with Crippen LogP contribution in [-0.2, 0) is 26.2 Å². The lowest BCUT2D eigenvalue weighted by molar-refractivity contribution is -0.139. The predicted molar refractivity (Wildman–Crippen MR) is 158 cm³/mol. The summed E-state index contributed by atoms with van der Waals surface area (Å²) in [4.78, 5) is 28.3. The molecule has 220 valence electrons. The summed E-state index contributed by atoms with van der Waals surface area (Å²) in [6.45, 7) is 6.97. The van der Waals surface area contributed by atoms with Crippen LogP contribution in [0.25, 0.3) is 0 Å². The summed E-state index contributed by atoms with van der Waals surface area (Å²) in [5.74, 6) is -1.14. The van der Waals surface area contributed by atoms with Gasteiger partial charge in [-0.15, -0.1) is 0 Å². The molecule has 3 aromatic carbocycles. The third-order valence-electron chi connectivity index (χ3n) is 6.42. The van der Waals surface area contributed by atoms with E-state index in [1.54, 1.807) is 25.1 Å². The second kappa shape index (κ2) is 13.8. The molecule has 1 N–H and O–H groups in total. The van der Waals surface area contributed by atoms with Crippen molar-refractivity contribution in [3.05, 3.63) is 88.7 Å². The Balaban J connectivity index is 2.08. The molecule has 3 rings (SSSR count). The number of ether oxygens (including phenoxy) is 1. The van der Waals surface area contributed by atoms with Crippen molar-refractivity contribution in [3.8, 4) is 5.75 Å². The highest BCUT2D eigenvalue weighted by molar-refractivity contribution is 7.92. The molecule has 0 aliphatic heterocycles. The van der Waals surface area contributed by atoms with E-state index in [2.05, 4.69) is 5.32 Å². The van der Waals surface area contributed by atoms with Crippen molar-refractivity contribution in [3.63, 3.8) is 0 Å². The van der Waals surface area contributed by atoms with E-state index in [4.69, 9.17) is 16.3 Å². The zero-order valence-electron chi connectivity index (χ0n) is 23.7. The Labute approximate surface area is 246 Å². The van der Waals surface area contributed by atoms with E-state index < -0.39 is 40.2 Å². The van der Waals surface area contributed by atoms with Crippen LogP contribution < -0.4 is 14.4 Å². The minimum absolute atomic E-state index is 0.0364. The fraction of sp³-hybridized carbons (Fsp3) is 0.333. The number of nitrogens with zero attached hydrogens (tertiary/aromatic N) is 2. The zero-order valence-corrected chi connectivity index (χ0v) is 25.3. The molecular formula is C30H35ClFN3O5S. The van der Waals surface area contributed by atoms with Crippen LogP contribution in [0, 0.1) is 18.7 Å². The number of sulfonamides is 1. The summed E-state index contributed by atoms with van der Waals surface area (Å²) in [6.07, 6.45) is 0. The lowest BCUT2D eigenvalue weighted by Gasteiger charge is -2.32. The normalized spacial score (nSPS) is 12.1. The van der Waals surface area contributed by atoms with Crippen LogP contribution in [0.2, 0.25) is 5.02 Å². The van der Waals surface area contributed by atoms with Gasteiger partial charge in [0.05, 0.1) is 17.7 Å². The van der Waals surface area contributed by atoms with Gasteiger partial charge in [0.1, 0.15) is 24.2 Å². The topological polar surface area (TPSA) is 96.0 Å². The number of aryl methyl sites for hydroxylation is 1. The minimum atomic E-state index is -4.30. The fourth-order valence-corrected chi connectivity index (χ4v) is 5.61. The van der Waals surface area contributed by atoms with E-state index in [0.29, 0.717) is 12.1 Å². The summed E-state index contributed by atoms with van der Waals surface area (Å²) in [6, 6.07) is 15.3. The summed E-state index contributed by atoms with van der Waals surface area (Å²) in [5, 5.41) is 3.06. The Morgan fingerprint density at radius 2 is 1.63 bits per heavy atom. The molecule has 0 fully saturated rings. The lowest BCUT2D eigenvalue weighted by atomic mass is 10.1. The molecule has 1 atom stereocenters. The van der Waals surface area contributed by atoms with Crippen molar-refractivity contribution in [1.29, 1.82) is 0 Å². The maximum absolute atomic E-state index is 14.0. The van der Waals surface area contributed by atoms with E-state index in [0.717, 1.165) is 9.87 Å². The van der Waals surface area contributed by atoms with Gasteiger partial charge in [-0.1, -0.05) is 55.3 Å². The van der Waals surface area contributed by atoms with Gasteiger partial charge in [-0.2, -0.15) is 0 Å². The first-order valence-corrected chi connectivity index (χ1v) is 14.9. The van der Waals surface area contributed by atoms with Crippen LogP contribution in [0.5, 0.6) is 5.75 Å². The first-order valence-electron chi connectivity index (χ1n) is 13.1. The van der Waals surface area contributed by atoms with Gasteiger partial charge in [-0.3, -0.25) is 13.9 Å². The highest BCUT2D eigenvalue weighted by atomic mass is 35.5. The molecule has 0 heterocycles. The molecule has 3 aromatic rings. The maximum atomic E-state index is 14.0. The first kappa shape index (κ1) is 31.9. The fourth-order valence-electron chi connectivity index (χ4n) is 4.03. The largest absolute Gasteiger partial charge is 0.495 e. The van der Waals surface area contributed by atoms with Gasteiger partial charge in [0, 0.05) is 18.1 Å². The smallest absolute Gasteiger partial charge is 0.264 e. The molecule has 0 spiro atoms. The third-order valence-corrected chi connectivity index (χ3v) is 8.42. The number of rotatable bonds is 12. The number of hydrogen-bond donors (Lipinski definition) is 1. The summed E-state index contributed by atoms with van der Waals surface area (Å²) in [7, 11) is -2.92. The average Bonchev–Trinajstić information content (AvgIpc) is 2.93. The molecule has 0 aromatic heterocycles. The molecular weight excluding hydrogens is 569 g/mol. The highest BCUT2D eigenvalue weighted by Gasteiger charge is 2.34. The summed E-state index contributed by atoms with van der Waals surface area (Å²) >= 11 is 6.25. The number of anilines is 1. The Kier molecular flexibility index (Phi) is 10.8. The van der Waals surface area contributed by atoms with Crippen molar-refractivity contribution in [2.24, 2.45) is 5.92 Å². The van der Waals surface area contributed by atoms with Crippen molar-refractivity contribution < 1.29 is 27.1 Å². The number of methoxy groups -OCH3 is 1. The molecule has 0 saturated heterocycles. The van der Waals surface area contributed by atoms with Crippen LogP contribution in [0.4, 0.5) is 10.1 Å². The van der Waals surface area contributed by atoms with E-state index in [1.165, 1.54) is 60.5 Å². The Morgan fingerprint density at radius 1 is 1.00 bits per heavy atom. The molecule has 41 heavy (non-hydrogen) atoms. The van der Waals surface area contributed by atoms with Crippen molar-refractivity contribution in [2.75, 3.05) is 24.5 Å². The number of halogens is 2. The molecule has 0 bridgehead atoms. The minimum Gasteiger partial charge on any atom is -0.495 e. The number of carbonyl (C=O) groups excluding carboxylic acids is 2. The van der Waals surface area contributed by atoms with Gasteiger partial charge in [0.15, 0.2) is 0 Å². The van der Waals surface area contributed by atoms with Gasteiger partial charge in [0.2, 0.25) is 11.8 Å². The Morgan fingerprint density at radius 3 is 2.22 bits per heavy atom. The van der Waals surface area contributed by atoms with Crippen LogP contribution in [0.15, 0.2) is 71.6 Å². The van der Waals surface area contributed by atoms with Gasteiger partial charge >= 0.3 is 0 Å². The van der Waals surface area contributed by atoms with E-state index in [1.807, 2.05) is 20.8 Å². The number of nitrogens with one attached hydrogen (secondary N) is 1. The van der Waals surface area contributed by atoms with Crippen molar-refractivity contribution in [2.45, 2.75) is 45.2 Å². The van der Waals surface area contributed by atoms with E-state index in [9.17, 15) is 22.4 Å². The standard InChI is InChI=1S/C30H35ClFN3O5S/c1-20(2)17-33-30(37)22(4)34(18-23-8-11-25(32)12-9-23)29(36)19-35(27-16-24(31)10-15-28(27)40-5)41(38,39)26-13-6-21(3)7-14-26/h6-16,20,22H,17-19H2,1-5H3,(H,33,37). The average molecular weight is 604 g/mol. The molecule has 11 heteroatoms. The number of carbonyl (C=O) groups is 2. The first-order chi connectivity index (χ1) is 19.3. The molecule has 8 nitrogen and oxygen atoms in total. The van der Waals surface area contributed by atoms with E-state index >= 15 is 0 Å². The monoisotopic (exact) mass is 603 g/mol. The van der Waals surface area contributed by atoms with Gasteiger partial charge < -0.3 is 15.0 Å². The van der Waals surface area contributed by atoms with Gasteiger partial charge in [-0.05, 0) is 67.8 Å². The van der Waals surface area contributed by atoms with Crippen molar-refractivity contribution >= 4 is 39.1 Å². The molecule has 2 amide bonds. The predicted octanol–water partition coefficient (Wildman–Crippen LogP) is 5.18. The van der Waals surface area contributed by atoms with E-state index in [-0.39, 0.29) is 33.8 Å². The van der Waals surface area contributed by atoms with Crippen molar-refractivity contribution in [1.82, 2.24) is 10.2 Å². The Hall–Kier alpha value is -3.63.